The molecule has 0 aliphatic carbocycles. The molecule has 0 aliphatic rings. The van der Waals surface area contributed by atoms with E-state index in [-0.39, 0.29) is 0 Å². The molecular weight excluding hydrogens is 354 g/mol. The summed E-state index contributed by atoms with van der Waals surface area (Å²) in [4.78, 5) is 1.30. The average Bonchev–Trinajstić information content (AvgIpc) is 2.75. The van der Waals surface area contributed by atoms with E-state index >= 15 is 0 Å². The highest BCUT2D eigenvalue weighted by Gasteiger charge is 2.03. The molecule has 2 rings (SSSR count). The maximum absolute atomic E-state index is 4.30. The largest absolute Gasteiger partial charge is 0.306 e. The summed E-state index contributed by atoms with van der Waals surface area (Å²) in [5.74, 6) is 0. The number of hydrogen-bond donors (Lipinski definition) is 1. The minimum atomic E-state index is 0.800. The van der Waals surface area contributed by atoms with Crippen LogP contribution in [0.15, 0.2) is 26.6 Å². The lowest BCUT2D eigenvalue weighted by Gasteiger charge is -1.99. The first-order chi connectivity index (χ1) is 7.65. The molecule has 16 heavy (non-hydrogen) atoms. The Morgan fingerprint density at radius 1 is 1.44 bits per heavy atom. The molecular formula is C10H11Br2N3S. The lowest BCUT2D eigenvalue weighted by Crippen LogP contribution is -2.12. The van der Waals surface area contributed by atoms with E-state index < -0.39 is 0 Å². The van der Waals surface area contributed by atoms with Crippen molar-refractivity contribution < 1.29 is 0 Å². The van der Waals surface area contributed by atoms with Gasteiger partial charge in [0.05, 0.1) is 9.48 Å². The zero-order valence-corrected chi connectivity index (χ0v) is 12.7. The smallest absolute Gasteiger partial charge is 0.0843 e. The molecule has 2 aromatic heterocycles. The second-order valence-electron chi connectivity index (χ2n) is 3.42. The second-order valence-corrected chi connectivity index (χ2v) is 6.73. The number of nitrogens with zero attached hydrogens (tertiary/aromatic N) is 2. The highest BCUT2D eigenvalue weighted by Crippen LogP contribution is 2.32. The molecule has 6 heteroatoms. The van der Waals surface area contributed by atoms with Crippen LogP contribution in [0.5, 0.6) is 0 Å². The fourth-order valence-corrected chi connectivity index (χ4v) is 3.50. The molecule has 1 N–H and O–H groups in total. The van der Waals surface area contributed by atoms with E-state index in [0.717, 1.165) is 27.0 Å². The number of aryl methyl sites for hydroxylation is 1. The molecule has 0 aliphatic heterocycles. The van der Waals surface area contributed by atoms with Gasteiger partial charge in [0.1, 0.15) is 0 Å². The van der Waals surface area contributed by atoms with Crippen molar-refractivity contribution in [1.29, 1.82) is 0 Å². The summed E-state index contributed by atoms with van der Waals surface area (Å²) < 4.78 is 4.07. The minimum Gasteiger partial charge on any atom is -0.306 e. The van der Waals surface area contributed by atoms with Crippen LogP contribution in [0, 0.1) is 0 Å². The van der Waals surface area contributed by atoms with E-state index in [1.807, 2.05) is 24.0 Å². The molecule has 0 unspecified atom stereocenters. The summed E-state index contributed by atoms with van der Waals surface area (Å²) in [7, 11) is 1.93. The average molecular weight is 365 g/mol. The van der Waals surface area contributed by atoms with Crippen LogP contribution >= 0.6 is 43.2 Å². The Morgan fingerprint density at radius 3 is 2.81 bits per heavy atom. The molecule has 3 nitrogen and oxygen atoms in total. The van der Waals surface area contributed by atoms with E-state index in [1.54, 1.807) is 11.3 Å². The Bertz CT molecular complexity index is 459. The zero-order chi connectivity index (χ0) is 11.5. The van der Waals surface area contributed by atoms with Crippen LogP contribution < -0.4 is 5.32 Å². The summed E-state index contributed by atoms with van der Waals surface area (Å²) >= 11 is 8.70. The van der Waals surface area contributed by atoms with Crippen LogP contribution in [0.2, 0.25) is 0 Å². The van der Waals surface area contributed by atoms with Crippen LogP contribution in [0.4, 0.5) is 0 Å². The SMILES string of the molecule is Cn1ccc(CNCc2cc(Br)c(Br)s2)n1. The Hall–Kier alpha value is -0.170. The maximum atomic E-state index is 4.30. The van der Waals surface area contributed by atoms with Gasteiger partial charge in [-0.25, -0.2) is 0 Å². The first kappa shape index (κ1) is 12.3. The molecule has 0 saturated heterocycles. The van der Waals surface area contributed by atoms with Crippen LogP contribution in [-0.2, 0) is 20.1 Å². The van der Waals surface area contributed by atoms with E-state index in [9.17, 15) is 0 Å². The fourth-order valence-electron chi connectivity index (χ4n) is 1.35. The lowest BCUT2D eigenvalue weighted by atomic mass is 10.4. The molecule has 0 amide bonds. The van der Waals surface area contributed by atoms with Crippen molar-refractivity contribution >= 4 is 43.2 Å². The number of nitrogens with one attached hydrogen (secondary N) is 1. The van der Waals surface area contributed by atoms with Gasteiger partial charge in [-0.05, 0) is 44.0 Å². The topological polar surface area (TPSA) is 29.9 Å². The molecule has 0 radical (unpaired) electrons. The molecule has 0 aromatic carbocycles. The molecule has 0 atom stereocenters. The highest BCUT2D eigenvalue weighted by atomic mass is 79.9. The van der Waals surface area contributed by atoms with Gasteiger partial charge in [-0.2, -0.15) is 5.10 Å². The van der Waals surface area contributed by atoms with Gasteiger partial charge in [-0.1, -0.05) is 0 Å². The third-order valence-corrected chi connectivity index (χ3v) is 5.33. The van der Waals surface area contributed by atoms with Crippen molar-refractivity contribution in [3.63, 3.8) is 0 Å². The number of hydrogen-bond acceptors (Lipinski definition) is 3. The molecule has 0 bridgehead atoms. The van der Waals surface area contributed by atoms with E-state index in [0.29, 0.717) is 0 Å². The van der Waals surface area contributed by atoms with E-state index in [4.69, 9.17) is 0 Å². The van der Waals surface area contributed by atoms with Crippen molar-refractivity contribution in [2.45, 2.75) is 13.1 Å². The van der Waals surface area contributed by atoms with Crippen molar-refractivity contribution in [3.8, 4) is 0 Å². The van der Waals surface area contributed by atoms with Crippen molar-refractivity contribution in [2.75, 3.05) is 0 Å². The second kappa shape index (κ2) is 5.44. The number of halogens is 2. The predicted octanol–water partition coefficient (Wildman–Crippen LogP) is 3.30. The fraction of sp³-hybridized carbons (Fsp3) is 0.300. The number of aromatic nitrogens is 2. The van der Waals surface area contributed by atoms with Gasteiger partial charge in [-0.3, -0.25) is 4.68 Å². The standard InChI is InChI=1S/C10H11Br2N3S/c1-15-3-2-7(14-15)5-13-6-8-4-9(11)10(12)16-8/h2-4,13H,5-6H2,1H3. The van der Waals surface area contributed by atoms with Crippen LogP contribution in [0.3, 0.4) is 0 Å². The molecule has 0 spiro atoms. The summed E-state index contributed by atoms with van der Waals surface area (Å²) in [6, 6.07) is 4.15. The van der Waals surface area contributed by atoms with Gasteiger partial charge in [0.2, 0.25) is 0 Å². The van der Waals surface area contributed by atoms with Gasteiger partial charge < -0.3 is 5.32 Å². The van der Waals surface area contributed by atoms with Crippen LogP contribution in [0.25, 0.3) is 0 Å². The number of rotatable bonds is 4. The summed E-state index contributed by atoms with van der Waals surface area (Å²) in [6.07, 6.45) is 1.95. The lowest BCUT2D eigenvalue weighted by molar-refractivity contribution is 0.661. The summed E-state index contributed by atoms with van der Waals surface area (Å²) in [6.45, 7) is 1.67. The van der Waals surface area contributed by atoms with E-state index in [1.165, 1.54) is 4.88 Å². The maximum Gasteiger partial charge on any atom is 0.0843 e. The Labute approximate surface area is 115 Å². The highest BCUT2D eigenvalue weighted by molar-refractivity contribution is 9.13. The zero-order valence-electron chi connectivity index (χ0n) is 8.70. The third-order valence-electron chi connectivity index (χ3n) is 2.07. The summed E-state index contributed by atoms with van der Waals surface area (Å²) in [5.41, 5.74) is 1.07. The molecule has 2 aromatic rings. The predicted molar refractivity (Wildman–Crippen MR) is 73.5 cm³/mol. The quantitative estimate of drug-likeness (QED) is 0.901. The van der Waals surface area contributed by atoms with Crippen LogP contribution in [-0.4, -0.2) is 9.78 Å². The first-order valence-electron chi connectivity index (χ1n) is 4.78. The van der Waals surface area contributed by atoms with Crippen molar-refractivity contribution in [3.05, 3.63) is 37.2 Å². The first-order valence-corrected chi connectivity index (χ1v) is 7.18. The molecule has 0 fully saturated rings. The normalized spacial score (nSPS) is 10.9. The van der Waals surface area contributed by atoms with Crippen molar-refractivity contribution in [1.82, 2.24) is 15.1 Å². The summed E-state index contributed by atoms with van der Waals surface area (Å²) in [5, 5.41) is 7.67. The molecule has 0 saturated carbocycles. The Kier molecular flexibility index (Phi) is 4.18. The number of thiophene rings is 1. The van der Waals surface area contributed by atoms with Crippen molar-refractivity contribution in [2.24, 2.45) is 7.05 Å². The third kappa shape index (κ3) is 3.16. The van der Waals surface area contributed by atoms with Gasteiger partial charge in [-0.15, -0.1) is 11.3 Å². The minimum absolute atomic E-state index is 0.800. The monoisotopic (exact) mass is 363 g/mol. The van der Waals surface area contributed by atoms with Gasteiger partial charge >= 0.3 is 0 Å². The molecule has 2 heterocycles. The van der Waals surface area contributed by atoms with Gasteiger partial charge in [0.15, 0.2) is 0 Å². The Morgan fingerprint density at radius 2 is 2.25 bits per heavy atom. The van der Waals surface area contributed by atoms with Gasteiger partial charge in [0, 0.05) is 35.7 Å². The van der Waals surface area contributed by atoms with Gasteiger partial charge in [0.25, 0.3) is 0 Å². The Balaban J connectivity index is 1.84. The van der Waals surface area contributed by atoms with E-state index in [2.05, 4.69) is 48.3 Å². The van der Waals surface area contributed by atoms with Crippen LogP contribution in [0.1, 0.15) is 10.6 Å². The molecule has 86 valence electrons.